The summed E-state index contributed by atoms with van der Waals surface area (Å²) in [6.07, 6.45) is 3.57. The number of rotatable bonds is 4. The average molecular weight is 448 g/mol. The van der Waals surface area contributed by atoms with Gasteiger partial charge >= 0.3 is 6.18 Å². The molecule has 0 saturated carbocycles. The first-order valence-corrected chi connectivity index (χ1v) is 9.40. The molecular weight excluding hydrogens is 426 g/mol. The molecule has 0 unspecified atom stereocenters. The summed E-state index contributed by atoms with van der Waals surface area (Å²) in [4.78, 5) is 13.6. The molecule has 1 aromatic heterocycles. The molecule has 1 aliphatic heterocycles. The van der Waals surface area contributed by atoms with E-state index >= 15 is 0 Å². The maximum absolute atomic E-state index is 13.6. The molecule has 5 nitrogen and oxygen atoms in total. The Hall–Kier alpha value is -3.03. The van der Waals surface area contributed by atoms with Crippen LogP contribution in [-0.2, 0) is 30.5 Å². The van der Waals surface area contributed by atoms with Gasteiger partial charge in [-0.3, -0.25) is 4.79 Å². The van der Waals surface area contributed by atoms with Gasteiger partial charge in [0.25, 0.3) is 0 Å². The molecule has 11 heteroatoms. The normalized spacial score (nSPS) is 12.8. The lowest BCUT2D eigenvalue weighted by molar-refractivity contribution is -0.148. The van der Waals surface area contributed by atoms with Crippen LogP contribution in [0, 0.1) is 30.3 Å². The first-order chi connectivity index (χ1) is 14.7. The number of halogens is 6. The van der Waals surface area contributed by atoms with Gasteiger partial charge in [-0.1, -0.05) is 13.8 Å². The minimum atomic E-state index is -4.62. The minimum absolute atomic E-state index is 0.0152. The zero-order valence-electron chi connectivity index (χ0n) is 17.0. The average Bonchev–Trinajstić information content (AvgIpc) is 3.18. The quantitative estimate of drug-likeness (QED) is 0.397. The predicted molar refractivity (Wildman–Crippen MR) is 101 cm³/mol. The molecule has 0 atom stereocenters. The second kappa shape index (κ2) is 11.4. The van der Waals surface area contributed by atoms with Crippen LogP contribution in [0.25, 0.3) is 0 Å². The third-order valence-electron chi connectivity index (χ3n) is 4.29. The highest BCUT2D eigenvalue weighted by molar-refractivity contribution is 5.76. The summed E-state index contributed by atoms with van der Waals surface area (Å²) in [5.74, 6) is -4.77. The van der Waals surface area contributed by atoms with E-state index in [9.17, 15) is 31.1 Å². The summed E-state index contributed by atoms with van der Waals surface area (Å²) in [6, 6.07) is 1.19. The van der Waals surface area contributed by atoms with Crippen molar-refractivity contribution in [2.45, 2.75) is 52.4 Å². The minimum Gasteiger partial charge on any atom is -0.333 e. The van der Waals surface area contributed by atoms with E-state index in [1.54, 1.807) is 0 Å². The van der Waals surface area contributed by atoms with Crippen LogP contribution in [0.1, 0.15) is 43.9 Å². The van der Waals surface area contributed by atoms with Gasteiger partial charge in [-0.25, -0.2) is 13.2 Å². The van der Waals surface area contributed by atoms with E-state index < -0.39 is 29.5 Å². The summed E-state index contributed by atoms with van der Waals surface area (Å²) in [6.45, 7) is 3.87. The third-order valence-corrected chi connectivity index (χ3v) is 4.29. The number of terminal acetylenes is 1. The number of fused-ring (bicyclic) bond motifs is 1. The fourth-order valence-corrected chi connectivity index (χ4v) is 2.92. The van der Waals surface area contributed by atoms with Crippen molar-refractivity contribution in [2.24, 2.45) is 0 Å². The Morgan fingerprint density at radius 3 is 2.26 bits per heavy atom. The number of aryl methyl sites for hydroxylation is 1. The van der Waals surface area contributed by atoms with Crippen LogP contribution in [0.2, 0.25) is 0 Å². The molecule has 1 aliphatic rings. The molecule has 0 radical (unpaired) electrons. The van der Waals surface area contributed by atoms with Gasteiger partial charge in [0.15, 0.2) is 17.5 Å². The number of nitrogens with zero attached hydrogens (tertiary/aromatic N) is 4. The maximum Gasteiger partial charge on any atom is 0.451 e. The molecule has 0 spiro atoms. The summed E-state index contributed by atoms with van der Waals surface area (Å²) < 4.78 is 78.9. The van der Waals surface area contributed by atoms with Crippen LogP contribution in [0.5, 0.6) is 0 Å². The highest BCUT2D eigenvalue weighted by Gasteiger charge is 2.39. The number of hydrogen-bond acceptors (Lipinski definition) is 3. The van der Waals surface area contributed by atoms with Crippen molar-refractivity contribution in [3.8, 4) is 12.8 Å². The number of carbonyl (C=O) groups is 1. The van der Waals surface area contributed by atoms with E-state index in [-0.39, 0.29) is 56.2 Å². The molecule has 1 aromatic carbocycles. The zero-order valence-corrected chi connectivity index (χ0v) is 17.0. The van der Waals surface area contributed by atoms with Crippen LogP contribution in [0.15, 0.2) is 12.1 Å². The van der Waals surface area contributed by atoms with Gasteiger partial charge in [-0.05, 0) is 24.5 Å². The van der Waals surface area contributed by atoms with Crippen molar-refractivity contribution in [2.75, 3.05) is 6.54 Å². The standard InChI is InChI=1S/C16H14F6N4O.C2H6.C2H2/c17-10-7-12(19)11(18)6-9(10)2-1-3-14(27)25-4-5-26-13(8-25)23-24-15(26)16(20,21)22;2*1-2/h6-7H,1-5,8H2;1-2H3;1-2H. The Bertz CT molecular complexity index is 907. The lowest BCUT2D eigenvalue weighted by Gasteiger charge is -2.28. The van der Waals surface area contributed by atoms with Crippen LogP contribution in [-0.4, -0.2) is 32.1 Å². The molecule has 170 valence electrons. The largest absolute Gasteiger partial charge is 0.451 e. The number of amides is 1. The Labute approximate surface area is 176 Å². The Balaban J connectivity index is 0.00000113. The topological polar surface area (TPSA) is 51.0 Å². The van der Waals surface area contributed by atoms with Gasteiger partial charge in [0.2, 0.25) is 11.7 Å². The van der Waals surface area contributed by atoms with Crippen molar-refractivity contribution in [1.82, 2.24) is 19.7 Å². The summed E-state index contributed by atoms with van der Waals surface area (Å²) >= 11 is 0. The van der Waals surface area contributed by atoms with Gasteiger partial charge in [0.1, 0.15) is 5.82 Å². The van der Waals surface area contributed by atoms with Crippen molar-refractivity contribution in [3.63, 3.8) is 0 Å². The maximum atomic E-state index is 13.6. The van der Waals surface area contributed by atoms with E-state index in [1.807, 2.05) is 13.8 Å². The third kappa shape index (κ3) is 6.47. The van der Waals surface area contributed by atoms with Crippen LogP contribution >= 0.6 is 0 Å². The first kappa shape index (κ1) is 26.0. The van der Waals surface area contributed by atoms with Crippen molar-refractivity contribution < 1.29 is 31.1 Å². The summed E-state index contributed by atoms with van der Waals surface area (Å²) in [5.41, 5.74) is -0.0464. The Kier molecular flexibility index (Phi) is 9.55. The van der Waals surface area contributed by atoms with E-state index in [0.717, 1.165) is 10.6 Å². The number of benzene rings is 1. The second-order valence-electron chi connectivity index (χ2n) is 6.12. The van der Waals surface area contributed by atoms with Gasteiger partial charge in [-0.15, -0.1) is 23.0 Å². The molecule has 2 aromatic rings. The number of carbonyl (C=O) groups excluding carboxylic acids is 1. The lowest BCUT2D eigenvalue weighted by atomic mass is 10.1. The molecule has 31 heavy (non-hydrogen) atoms. The molecule has 1 amide bonds. The van der Waals surface area contributed by atoms with E-state index in [0.29, 0.717) is 6.07 Å². The number of hydrogen-bond donors (Lipinski definition) is 0. The Morgan fingerprint density at radius 2 is 1.65 bits per heavy atom. The van der Waals surface area contributed by atoms with E-state index in [1.165, 1.54) is 4.90 Å². The second-order valence-corrected chi connectivity index (χ2v) is 6.12. The van der Waals surface area contributed by atoms with Gasteiger partial charge in [-0.2, -0.15) is 13.2 Å². The molecule has 3 rings (SSSR count). The van der Waals surface area contributed by atoms with Gasteiger partial charge < -0.3 is 9.47 Å². The van der Waals surface area contributed by atoms with Crippen molar-refractivity contribution >= 4 is 5.91 Å². The van der Waals surface area contributed by atoms with Crippen molar-refractivity contribution in [3.05, 3.63) is 46.8 Å². The van der Waals surface area contributed by atoms with Crippen molar-refractivity contribution in [1.29, 1.82) is 0 Å². The predicted octanol–water partition coefficient (Wildman–Crippen LogP) is 4.35. The molecule has 2 heterocycles. The first-order valence-electron chi connectivity index (χ1n) is 9.40. The fourth-order valence-electron chi connectivity index (χ4n) is 2.92. The zero-order chi connectivity index (χ0) is 23.8. The lowest BCUT2D eigenvalue weighted by Crippen LogP contribution is -2.39. The van der Waals surface area contributed by atoms with Crippen LogP contribution < -0.4 is 0 Å². The monoisotopic (exact) mass is 448 g/mol. The molecule has 0 fully saturated rings. The number of alkyl halides is 3. The Morgan fingerprint density at radius 1 is 1.03 bits per heavy atom. The highest BCUT2D eigenvalue weighted by atomic mass is 19.4. The molecular formula is C20H22F6N4O. The summed E-state index contributed by atoms with van der Waals surface area (Å²) in [7, 11) is 0. The molecule has 0 saturated heterocycles. The van der Waals surface area contributed by atoms with Gasteiger partial charge in [0.05, 0.1) is 6.54 Å². The number of aromatic nitrogens is 3. The SMILES string of the molecule is C#C.CC.O=C(CCCc1cc(F)c(F)cc1F)N1CCn2c(nnc2C(F)(F)F)C1. The highest BCUT2D eigenvalue weighted by Crippen LogP contribution is 2.29. The van der Waals surface area contributed by atoms with Gasteiger partial charge in [0, 0.05) is 25.6 Å². The van der Waals surface area contributed by atoms with E-state index in [4.69, 9.17) is 0 Å². The summed E-state index contributed by atoms with van der Waals surface area (Å²) in [5, 5.41) is 6.62. The fraction of sp³-hybridized carbons (Fsp3) is 0.450. The van der Waals surface area contributed by atoms with E-state index in [2.05, 4.69) is 23.0 Å². The molecule has 0 N–H and O–H groups in total. The molecule has 0 bridgehead atoms. The van der Waals surface area contributed by atoms with Crippen LogP contribution in [0.3, 0.4) is 0 Å². The molecule has 0 aliphatic carbocycles. The van der Waals surface area contributed by atoms with Crippen LogP contribution in [0.4, 0.5) is 26.3 Å². The smallest absolute Gasteiger partial charge is 0.333 e.